The van der Waals surface area contributed by atoms with Gasteiger partial charge in [0, 0.05) is 36.4 Å². The zero-order chi connectivity index (χ0) is 16.6. The van der Waals surface area contributed by atoms with Gasteiger partial charge in [-0.25, -0.2) is 0 Å². The van der Waals surface area contributed by atoms with Gasteiger partial charge in [-0.3, -0.25) is 9.48 Å². The number of aryl methyl sites for hydroxylation is 3. The number of anilines is 1. The smallest absolute Gasteiger partial charge is 0.258 e. The lowest BCUT2D eigenvalue weighted by atomic mass is 10.2. The summed E-state index contributed by atoms with van der Waals surface area (Å²) in [6, 6.07) is 11.9. The number of carbonyl (C=O) groups is 1. The van der Waals surface area contributed by atoms with Crippen LogP contribution in [0, 0.1) is 20.8 Å². The zero-order valence-electron chi connectivity index (χ0n) is 13.8. The van der Waals surface area contributed by atoms with Crippen molar-refractivity contribution >= 4 is 11.7 Å². The van der Waals surface area contributed by atoms with E-state index in [2.05, 4.69) is 34.0 Å². The second-order valence-corrected chi connectivity index (χ2v) is 5.79. The summed E-state index contributed by atoms with van der Waals surface area (Å²) in [6.45, 7) is 6.03. The number of carbonyl (C=O) groups excluding carboxylic acids is 1. The number of aromatic nitrogens is 3. The highest BCUT2D eigenvalue weighted by Crippen LogP contribution is 2.22. The third kappa shape index (κ3) is 2.90. The summed E-state index contributed by atoms with van der Waals surface area (Å²) >= 11 is 0. The van der Waals surface area contributed by atoms with Gasteiger partial charge in [0.05, 0.1) is 5.56 Å². The molecule has 2 aromatic heterocycles. The van der Waals surface area contributed by atoms with E-state index in [4.69, 9.17) is 0 Å². The minimum absolute atomic E-state index is 0.143. The van der Waals surface area contributed by atoms with Crippen molar-refractivity contribution in [3.8, 4) is 5.69 Å². The molecule has 0 fully saturated rings. The molecule has 0 bridgehead atoms. The van der Waals surface area contributed by atoms with Crippen molar-refractivity contribution in [2.45, 2.75) is 20.8 Å². The van der Waals surface area contributed by atoms with Crippen LogP contribution in [0.2, 0.25) is 0 Å². The van der Waals surface area contributed by atoms with Gasteiger partial charge < -0.3 is 9.88 Å². The molecule has 1 amide bonds. The first-order valence-electron chi connectivity index (χ1n) is 7.52. The normalized spacial score (nSPS) is 10.8. The van der Waals surface area contributed by atoms with Crippen molar-refractivity contribution in [3.63, 3.8) is 0 Å². The van der Waals surface area contributed by atoms with E-state index in [1.54, 1.807) is 16.9 Å². The van der Waals surface area contributed by atoms with Crippen molar-refractivity contribution < 1.29 is 4.79 Å². The topological polar surface area (TPSA) is 51.9 Å². The summed E-state index contributed by atoms with van der Waals surface area (Å²) in [4.78, 5) is 12.5. The Morgan fingerprint density at radius 1 is 1.13 bits per heavy atom. The number of hydrogen-bond acceptors (Lipinski definition) is 2. The van der Waals surface area contributed by atoms with Gasteiger partial charge in [0.25, 0.3) is 5.91 Å². The van der Waals surface area contributed by atoms with Crippen LogP contribution in [0.5, 0.6) is 0 Å². The van der Waals surface area contributed by atoms with Crippen LogP contribution in [0.3, 0.4) is 0 Å². The number of rotatable bonds is 3. The van der Waals surface area contributed by atoms with Gasteiger partial charge in [0.15, 0.2) is 5.82 Å². The standard InChI is InChI=1S/C18H20N4O/c1-12-6-5-7-15(10-12)22-13(2)11-16(14(22)3)18(23)19-17-8-9-21(4)20-17/h5-11H,1-4H3,(H,19,20,23). The van der Waals surface area contributed by atoms with E-state index in [-0.39, 0.29) is 5.91 Å². The molecule has 2 heterocycles. The average Bonchev–Trinajstić information content (AvgIpc) is 3.02. The van der Waals surface area contributed by atoms with Gasteiger partial charge in [0.2, 0.25) is 0 Å². The van der Waals surface area contributed by atoms with Crippen LogP contribution in [0.1, 0.15) is 27.3 Å². The molecule has 3 rings (SSSR count). The summed E-state index contributed by atoms with van der Waals surface area (Å²) in [5.74, 6) is 0.411. The highest BCUT2D eigenvalue weighted by atomic mass is 16.1. The monoisotopic (exact) mass is 308 g/mol. The van der Waals surface area contributed by atoms with Crippen molar-refractivity contribution in [3.05, 3.63) is 65.1 Å². The first-order valence-corrected chi connectivity index (χ1v) is 7.52. The Kier molecular flexibility index (Phi) is 3.78. The molecule has 0 aliphatic rings. The van der Waals surface area contributed by atoms with Crippen LogP contribution in [-0.2, 0) is 7.05 Å². The second-order valence-electron chi connectivity index (χ2n) is 5.79. The van der Waals surface area contributed by atoms with E-state index >= 15 is 0 Å². The fourth-order valence-electron chi connectivity index (χ4n) is 2.82. The van der Waals surface area contributed by atoms with Crippen LogP contribution in [0.4, 0.5) is 5.82 Å². The molecule has 0 aliphatic carbocycles. The van der Waals surface area contributed by atoms with Crippen molar-refractivity contribution in [2.75, 3.05) is 5.32 Å². The fourth-order valence-corrected chi connectivity index (χ4v) is 2.82. The lowest BCUT2D eigenvalue weighted by molar-refractivity contribution is 0.102. The number of nitrogens with one attached hydrogen (secondary N) is 1. The lowest BCUT2D eigenvalue weighted by Crippen LogP contribution is -2.13. The quantitative estimate of drug-likeness (QED) is 0.806. The lowest BCUT2D eigenvalue weighted by Gasteiger charge is -2.10. The highest BCUT2D eigenvalue weighted by molar-refractivity contribution is 6.04. The van der Waals surface area contributed by atoms with Gasteiger partial charge >= 0.3 is 0 Å². The Morgan fingerprint density at radius 3 is 2.57 bits per heavy atom. The molecule has 0 unspecified atom stereocenters. The largest absolute Gasteiger partial charge is 0.318 e. The molecule has 1 N–H and O–H groups in total. The van der Waals surface area contributed by atoms with Crippen LogP contribution < -0.4 is 5.32 Å². The molecule has 5 heteroatoms. The van der Waals surface area contributed by atoms with Crippen molar-refractivity contribution in [1.29, 1.82) is 0 Å². The molecule has 0 atom stereocenters. The summed E-state index contributed by atoms with van der Waals surface area (Å²) < 4.78 is 3.76. The SMILES string of the molecule is Cc1cccc(-n2c(C)cc(C(=O)Nc3ccn(C)n3)c2C)c1. The van der Waals surface area contributed by atoms with E-state index in [1.165, 1.54) is 5.56 Å². The van der Waals surface area contributed by atoms with Crippen LogP contribution in [-0.4, -0.2) is 20.3 Å². The fraction of sp³-hybridized carbons (Fsp3) is 0.222. The van der Waals surface area contributed by atoms with Crippen LogP contribution >= 0.6 is 0 Å². The number of benzene rings is 1. The van der Waals surface area contributed by atoms with Crippen molar-refractivity contribution in [1.82, 2.24) is 14.3 Å². The maximum atomic E-state index is 12.5. The summed E-state index contributed by atoms with van der Waals surface area (Å²) in [6.07, 6.45) is 1.80. The van der Waals surface area contributed by atoms with Gasteiger partial charge in [-0.1, -0.05) is 12.1 Å². The predicted octanol–water partition coefficient (Wildman–Crippen LogP) is 3.39. The van der Waals surface area contributed by atoms with E-state index in [9.17, 15) is 4.79 Å². The molecule has 1 aromatic carbocycles. The number of nitrogens with zero attached hydrogens (tertiary/aromatic N) is 3. The summed E-state index contributed by atoms with van der Waals surface area (Å²) in [5.41, 5.74) is 4.86. The predicted molar refractivity (Wildman–Crippen MR) is 91.1 cm³/mol. The Balaban J connectivity index is 1.95. The molecule has 0 aliphatic heterocycles. The third-order valence-corrected chi connectivity index (χ3v) is 3.89. The number of hydrogen-bond donors (Lipinski definition) is 1. The second kappa shape index (κ2) is 5.76. The molecular weight excluding hydrogens is 288 g/mol. The molecule has 0 radical (unpaired) electrons. The van der Waals surface area contributed by atoms with Crippen LogP contribution in [0.15, 0.2) is 42.6 Å². The molecule has 118 valence electrons. The summed E-state index contributed by atoms with van der Waals surface area (Å²) in [5, 5.41) is 7.02. The Hall–Kier alpha value is -2.82. The molecule has 23 heavy (non-hydrogen) atoms. The van der Waals surface area contributed by atoms with Crippen molar-refractivity contribution in [2.24, 2.45) is 7.05 Å². The number of amides is 1. The molecular formula is C18H20N4O. The minimum Gasteiger partial charge on any atom is -0.318 e. The Bertz CT molecular complexity index is 873. The maximum absolute atomic E-state index is 12.5. The maximum Gasteiger partial charge on any atom is 0.258 e. The minimum atomic E-state index is -0.143. The van der Waals surface area contributed by atoms with E-state index < -0.39 is 0 Å². The Labute approximate surface area is 135 Å². The molecule has 0 spiro atoms. The van der Waals surface area contributed by atoms with E-state index in [1.807, 2.05) is 39.1 Å². The van der Waals surface area contributed by atoms with Gasteiger partial charge in [-0.05, 0) is 44.5 Å². The molecule has 3 aromatic rings. The Morgan fingerprint density at radius 2 is 1.91 bits per heavy atom. The average molecular weight is 308 g/mol. The molecule has 0 saturated heterocycles. The first-order chi connectivity index (χ1) is 11.0. The molecule has 0 saturated carbocycles. The summed E-state index contributed by atoms with van der Waals surface area (Å²) in [7, 11) is 1.82. The zero-order valence-corrected chi connectivity index (χ0v) is 13.8. The highest BCUT2D eigenvalue weighted by Gasteiger charge is 2.17. The van der Waals surface area contributed by atoms with Crippen LogP contribution in [0.25, 0.3) is 5.69 Å². The first kappa shape index (κ1) is 15.1. The molecule has 5 nitrogen and oxygen atoms in total. The third-order valence-electron chi connectivity index (χ3n) is 3.89. The van der Waals surface area contributed by atoms with E-state index in [0.29, 0.717) is 11.4 Å². The van der Waals surface area contributed by atoms with Gasteiger partial charge in [-0.15, -0.1) is 0 Å². The van der Waals surface area contributed by atoms with Gasteiger partial charge in [-0.2, -0.15) is 5.10 Å². The van der Waals surface area contributed by atoms with Gasteiger partial charge in [0.1, 0.15) is 0 Å². The van der Waals surface area contributed by atoms with E-state index in [0.717, 1.165) is 17.1 Å².